The SMILES string of the molecule is Cc1nc(-c2ccc(C(F)(F)F)c(F)c2)sc1C(=O)O. The van der Waals surface area contributed by atoms with E-state index in [0.717, 1.165) is 17.4 Å². The van der Waals surface area contributed by atoms with Crippen molar-refractivity contribution in [1.29, 1.82) is 0 Å². The van der Waals surface area contributed by atoms with Crippen LogP contribution in [0.1, 0.15) is 20.9 Å². The van der Waals surface area contributed by atoms with Gasteiger partial charge in [0.2, 0.25) is 0 Å². The molecule has 0 radical (unpaired) electrons. The van der Waals surface area contributed by atoms with Gasteiger partial charge < -0.3 is 5.11 Å². The van der Waals surface area contributed by atoms with E-state index in [1.54, 1.807) is 0 Å². The molecule has 0 aliphatic carbocycles. The third kappa shape index (κ3) is 2.64. The molecule has 0 spiro atoms. The number of carboxylic acids is 1. The molecule has 8 heteroatoms. The van der Waals surface area contributed by atoms with Crippen LogP contribution in [0.5, 0.6) is 0 Å². The number of aryl methyl sites for hydroxylation is 1. The number of rotatable bonds is 2. The highest BCUT2D eigenvalue weighted by Gasteiger charge is 2.34. The first kappa shape index (κ1) is 14.4. The molecule has 1 aromatic carbocycles. The second kappa shape index (κ2) is 4.86. The van der Waals surface area contributed by atoms with Gasteiger partial charge in [0, 0.05) is 5.56 Å². The first-order chi connectivity index (χ1) is 9.20. The number of carboxylic acid groups (broad SMARTS) is 1. The monoisotopic (exact) mass is 305 g/mol. The lowest BCUT2D eigenvalue weighted by Crippen LogP contribution is -2.07. The molecule has 0 fully saturated rings. The van der Waals surface area contributed by atoms with Gasteiger partial charge in [-0.3, -0.25) is 0 Å². The Morgan fingerprint density at radius 2 is 2.00 bits per heavy atom. The Labute approximate surface area is 114 Å². The second-order valence-corrected chi connectivity index (χ2v) is 4.93. The number of hydrogen-bond donors (Lipinski definition) is 1. The van der Waals surface area contributed by atoms with E-state index in [-0.39, 0.29) is 21.1 Å². The normalized spacial score (nSPS) is 11.7. The maximum absolute atomic E-state index is 13.4. The minimum Gasteiger partial charge on any atom is -0.477 e. The smallest absolute Gasteiger partial charge is 0.419 e. The quantitative estimate of drug-likeness (QED) is 0.854. The molecular weight excluding hydrogens is 298 g/mol. The van der Waals surface area contributed by atoms with Crippen molar-refractivity contribution in [3.63, 3.8) is 0 Å². The highest BCUT2D eigenvalue weighted by atomic mass is 32.1. The zero-order valence-corrected chi connectivity index (χ0v) is 10.8. The van der Waals surface area contributed by atoms with Gasteiger partial charge in [-0.1, -0.05) is 6.07 Å². The van der Waals surface area contributed by atoms with Crippen LogP contribution in [-0.4, -0.2) is 16.1 Å². The van der Waals surface area contributed by atoms with Crippen molar-refractivity contribution in [2.45, 2.75) is 13.1 Å². The van der Waals surface area contributed by atoms with Crippen LogP contribution in [-0.2, 0) is 6.18 Å². The number of nitrogens with zero attached hydrogens (tertiary/aromatic N) is 1. The first-order valence-corrected chi connectivity index (χ1v) is 6.09. The Bertz CT molecular complexity index is 679. The van der Waals surface area contributed by atoms with Crippen LogP contribution >= 0.6 is 11.3 Å². The van der Waals surface area contributed by atoms with Crippen molar-refractivity contribution in [2.24, 2.45) is 0 Å². The summed E-state index contributed by atoms with van der Waals surface area (Å²) in [6.07, 6.45) is -4.77. The number of benzene rings is 1. The number of hydrogen-bond acceptors (Lipinski definition) is 3. The van der Waals surface area contributed by atoms with E-state index in [9.17, 15) is 22.4 Å². The van der Waals surface area contributed by atoms with Crippen LogP contribution in [0.3, 0.4) is 0 Å². The highest BCUT2D eigenvalue weighted by molar-refractivity contribution is 7.17. The Morgan fingerprint density at radius 3 is 2.45 bits per heavy atom. The molecule has 0 aliphatic heterocycles. The molecule has 0 bridgehead atoms. The fraction of sp³-hybridized carbons (Fsp3) is 0.167. The number of aromatic nitrogens is 1. The van der Waals surface area contributed by atoms with Gasteiger partial charge in [-0.25, -0.2) is 14.2 Å². The van der Waals surface area contributed by atoms with E-state index in [0.29, 0.717) is 12.1 Å². The summed E-state index contributed by atoms with van der Waals surface area (Å²) in [6.45, 7) is 1.46. The molecule has 0 aliphatic rings. The van der Waals surface area contributed by atoms with Gasteiger partial charge in [-0.2, -0.15) is 13.2 Å². The molecule has 0 saturated carbocycles. The predicted molar refractivity (Wildman–Crippen MR) is 64.2 cm³/mol. The lowest BCUT2D eigenvalue weighted by molar-refractivity contribution is -0.139. The number of carbonyl (C=O) groups is 1. The summed E-state index contributed by atoms with van der Waals surface area (Å²) in [5, 5.41) is 9.04. The Hall–Kier alpha value is -1.96. The molecule has 1 heterocycles. The summed E-state index contributed by atoms with van der Waals surface area (Å²) in [4.78, 5) is 14.8. The number of alkyl halides is 3. The zero-order chi connectivity index (χ0) is 15.1. The van der Waals surface area contributed by atoms with E-state index in [4.69, 9.17) is 5.11 Å². The van der Waals surface area contributed by atoms with Crippen LogP contribution in [0.25, 0.3) is 10.6 Å². The lowest BCUT2D eigenvalue weighted by Gasteiger charge is -2.08. The summed E-state index contributed by atoms with van der Waals surface area (Å²) in [7, 11) is 0. The van der Waals surface area contributed by atoms with Crippen LogP contribution in [0.2, 0.25) is 0 Å². The molecule has 0 unspecified atom stereocenters. The Kier molecular flexibility index (Phi) is 3.51. The molecule has 2 aromatic rings. The van der Waals surface area contributed by atoms with E-state index in [1.807, 2.05) is 0 Å². The van der Waals surface area contributed by atoms with Crippen molar-refractivity contribution >= 4 is 17.3 Å². The molecular formula is C12H7F4NO2S. The van der Waals surface area contributed by atoms with Gasteiger partial charge in [0.05, 0.1) is 11.3 Å². The van der Waals surface area contributed by atoms with Crippen molar-refractivity contribution in [3.05, 3.63) is 40.2 Å². The first-order valence-electron chi connectivity index (χ1n) is 5.28. The minimum absolute atomic E-state index is 0.0275. The molecule has 106 valence electrons. The summed E-state index contributed by atoms with van der Waals surface area (Å²) in [5.74, 6) is -2.60. The van der Waals surface area contributed by atoms with Crippen LogP contribution in [0.15, 0.2) is 18.2 Å². The predicted octanol–water partition coefficient (Wildman–Crippen LogP) is 3.97. The molecule has 0 amide bonds. The Balaban J connectivity index is 2.47. The third-order valence-corrected chi connectivity index (χ3v) is 3.71. The molecule has 1 N–H and O–H groups in total. The van der Waals surface area contributed by atoms with Crippen molar-refractivity contribution in [3.8, 4) is 10.6 Å². The second-order valence-electron chi connectivity index (χ2n) is 3.93. The topological polar surface area (TPSA) is 50.2 Å². The number of thiazole rings is 1. The molecule has 3 nitrogen and oxygen atoms in total. The number of aromatic carboxylic acids is 1. The molecule has 0 saturated heterocycles. The summed E-state index contributed by atoms with van der Waals surface area (Å²) in [5.41, 5.74) is -1.03. The average molecular weight is 305 g/mol. The van der Waals surface area contributed by atoms with Gasteiger partial charge >= 0.3 is 12.1 Å². The summed E-state index contributed by atoms with van der Waals surface area (Å²) >= 11 is 0.784. The van der Waals surface area contributed by atoms with Crippen molar-refractivity contribution in [1.82, 2.24) is 4.98 Å². The van der Waals surface area contributed by atoms with E-state index < -0.39 is 23.5 Å². The Morgan fingerprint density at radius 1 is 1.35 bits per heavy atom. The van der Waals surface area contributed by atoms with E-state index in [1.165, 1.54) is 6.92 Å². The molecule has 0 atom stereocenters. The van der Waals surface area contributed by atoms with Gasteiger partial charge in [0.15, 0.2) is 0 Å². The summed E-state index contributed by atoms with van der Waals surface area (Å²) in [6, 6.07) is 2.38. The highest BCUT2D eigenvalue weighted by Crippen LogP contribution is 2.34. The van der Waals surface area contributed by atoms with Crippen LogP contribution < -0.4 is 0 Å². The number of halogens is 4. The van der Waals surface area contributed by atoms with Crippen LogP contribution in [0, 0.1) is 12.7 Å². The van der Waals surface area contributed by atoms with Gasteiger partial charge in [-0.15, -0.1) is 11.3 Å². The average Bonchev–Trinajstić information content (AvgIpc) is 2.69. The fourth-order valence-corrected chi connectivity index (χ4v) is 2.50. The standard InChI is InChI=1S/C12H7F4NO2S/c1-5-9(11(18)19)20-10(17-5)6-2-3-7(8(13)4-6)12(14,15)16/h2-4H,1H3,(H,18,19). The van der Waals surface area contributed by atoms with Crippen LogP contribution in [0.4, 0.5) is 17.6 Å². The van der Waals surface area contributed by atoms with Gasteiger partial charge in [-0.05, 0) is 19.1 Å². The summed E-state index contributed by atoms with van der Waals surface area (Å²) < 4.78 is 50.7. The molecule has 20 heavy (non-hydrogen) atoms. The largest absolute Gasteiger partial charge is 0.477 e. The van der Waals surface area contributed by atoms with Crippen molar-refractivity contribution in [2.75, 3.05) is 0 Å². The fourth-order valence-electron chi connectivity index (χ4n) is 1.60. The van der Waals surface area contributed by atoms with Crippen molar-refractivity contribution < 1.29 is 27.5 Å². The third-order valence-electron chi connectivity index (χ3n) is 2.51. The van der Waals surface area contributed by atoms with E-state index >= 15 is 0 Å². The zero-order valence-electron chi connectivity index (χ0n) is 9.95. The lowest BCUT2D eigenvalue weighted by atomic mass is 10.1. The van der Waals surface area contributed by atoms with E-state index in [2.05, 4.69) is 4.98 Å². The van der Waals surface area contributed by atoms with Gasteiger partial charge in [0.25, 0.3) is 0 Å². The van der Waals surface area contributed by atoms with Gasteiger partial charge in [0.1, 0.15) is 15.7 Å². The molecule has 2 rings (SSSR count). The molecule has 1 aromatic heterocycles. The maximum atomic E-state index is 13.4. The minimum atomic E-state index is -4.77. The maximum Gasteiger partial charge on any atom is 0.419 e.